The lowest BCUT2D eigenvalue weighted by Crippen LogP contribution is -2.21. The SMILES string of the molecule is CC(C)(C)OOC=C(OOC(C)(C)C)c1ccccc1[SiH3]. The lowest BCUT2D eigenvalue weighted by molar-refractivity contribution is -0.321. The number of benzene rings is 1. The van der Waals surface area contributed by atoms with Crippen LogP contribution in [0.2, 0.25) is 0 Å². The molecule has 0 saturated carbocycles. The summed E-state index contributed by atoms with van der Waals surface area (Å²) in [6, 6.07) is 7.98. The molecule has 0 aliphatic carbocycles. The van der Waals surface area contributed by atoms with Gasteiger partial charge in [-0.2, -0.15) is 9.78 Å². The maximum absolute atomic E-state index is 5.47. The fourth-order valence-corrected chi connectivity index (χ4v) is 1.96. The van der Waals surface area contributed by atoms with Crippen molar-refractivity contribution in [1.82, 2.24) is 0 Å². The second kappa shape index (κ2) is 7.11. The Morgan fingerprint density at radius 1 is 0.952 bits per heavy atom. The summed E-state index contributed by atoms with van der Waals surface area (Å²) < 4.78 is 0. The summed E-state index contributed by atoms with van der Waals surface area (Å²) in [5, 5.41) is 1.20. The standard InChI is InChI=1S/C16H26O4Si/c1-15(2,3)19-17-11-13(18-20-16(4,5)6)12-9-7-8-10-14(12)21/h7-11H,1-6,21H3. The van der Waals surface area contributed by atoms with Crippen LogP contribution in [0.5, 0.6) is 0 Å². The largest absolute Gasteiger partial charge is 0.341 e. The van der Waals surface area contributed by atoms with Crippen LogP contribution in [-0.2, 0) is 19.6 Å². The molecule has 0 radical (unpaired) electrons. The minimum atomic E-state index is -0.413. The van der Waals surface area contributed by atoms with Crippen LogP contribution in [0, 0.1) is 0 Å². The van der Waals surface area contributed by atoms with Crippen LogP contribution >= 0.6 is 0 Å². The van der Waals surface area contributed by atoms with Gasteiger partial charge in [-0.05, 0) is 41.5 Å². The van der Waals surface area contributed by atoms with Gasteiger partial charge in [-0.3, -0.25) is 0 Å². The molecule has 0 N–H and O–H groups in total. The second-order valence-corrected chi connectivity index (χ2v) is 7.95. The summed E-state index contributed by atoms with van der Waals surface area (Å²) in [5.41, 5.74) is 0.141. The van der Waals surface area contributed by atoms with E-state index in [1.54, 1.807) is 0 Å². The van der Waals surface area contributed by atoms with E-state index in [2.05, 4.69) is 6.07 Å². The van der Waals surface area contributed by atoms with Crippen LogP contribution in [0.1, 0.15) is 47.1 Å². The highest BCUT2D eigenvalue weighted by atomic mass is 28.1. The molecule has 0 saturated heterocycles. The normalized spacial score (nSPS) is 13.3. The van der Waals surface area contributed by atoms with Crippen molar-refractivity contribution in [2.75, 3.05) is 0 Å². The Morgan fingerprint density at radius 3 is 2.05 bits per heavy atom. The highest BCUT2D eigenvalue weighted by Gasteiger charge is 2.17. The van der Waals surface area contributed by atoms with E-state index in [-0.39, 0.29) is 0 Å². The lowest BCUT2D eigenvalue weighted by atomic mass is 10.2. The number of rotatable bonds is 5. The maximum Gasteiger partial charge on any atom is 0.210 e. The van der Waals surface area contributed by atoms with E-state index >= 15 is 0 Å². The van der Waals surface area contributed by atoms with Gasteiger partial charge in [0.05, 0.1) is 0 Å². The molecule has 1 aromatic carbocycles. The van der Waals surface area contributed by atoms with Gasteiger partial charge in [0.2, 0.25) is 5.76 Å². The molecular formula is C16H26O4Si. The molecule has 0 aliphatic heterocycles. The van der Waals surface area contributed by atoms with Crippen LogP contribution in [0.3, 0.4) is 0 Å². The lowest BCUT2D eigenvalue weighted by Gasteiger charge is -2.20. The van der Waals surface area contributed by atoms with Gasteiger partial charge in [0.1, 0.15) is 11.2 Å². The van der Waals surface area contributed by atoms with E-state index in [1.807, 2.05) is 59.7 Å². The minimum absolute atomic E-state index is 0.396. The van der Waals surface area contributed by atoms with E-state index in [4.69, 9.17) is 19.6 Å². The smallest absolute Gasteiger partial charge is 0.210 e. The fraction of sp³-hybridized carbons (Fsp3) is 0.500. The summed E-state index contributed by atoms with van der Waals surface area (Å²) in [6.45, 7) is 11.5. The molecule has 21 heavy (non-hydrogen) atoms. The van der Waals surface area contributed by atoms with Crippen LogP contribution in [-0.4, -0.2) is 21.4 Å². The third-order valence-corrected chi connectivity index (χ3v) is 3.12. The first-order chi connectivity index (χ1) is 9.58. The van der Waals surface area contributed by atoms with E-state index in [0.717, 1.165) is 15.8 Å². The molecule has 0 aromatic heterocycles. The van der Waals surface area contributed by atoms with Crippen molar-refractivity contribution < 1.29 is 19.6 Å². The van der Waals surface area contributed by atoms with Crippen LogP contribution in [0.4, 0.5) is 0 Å². The Morgan fingerprint density at radius 2 is 1.52 bits per heavy atom. The third-order valence-electron chi connectivity index (χ3n) is 2.25. The van der Waals surface area contributed by atoms with Crippen molar-refractivity contribution in [2.24, 2.45) is 0 Å². The van der Waals surface area contributed by atoms with Gasteiger partial charge in [-0.1, -0.05) is 29.5 Å². The molecular weight excluding hydrogens is 284 g/mol. The van der Waals surface area contributed by atoms with Crippen molar-refractivity contribution in [3.05, 3.63) is 36.1 Å². The minimum Gasteiger partial charge on any atom is -0.341 e. The van der Waals surface area contributed by atoms with E-state index in [1.165, 1.54) is 11.4 Å². The topological polar surface area (TPSA) is 36.9 Å². The van der Waals surface area contributed by atoms with Gasteiger partial charge in [0, 0.05) is 15.8 Å². The first-order valence-electron chi connectivity index (χ1n) is 7.05. The highest BCUT2D eigenvalue weighted by molar-refractivity contribution is 6.34. The summed E-state index contributed by atoms with van der Waals surface area (Å²) in [4.78, 5) is 21.3. The Hall–Kier alpha value is -1.30. The van der Waals surface area contributed by atoms with Gasteiger partial charge >= 0.3 is 0 Å². The quantitative estimate of drug-likeness (QED) is 0.362. The molecule has 1 aromatic rings. The van der Waals surface area contributed by atoms with Crippen molar-refractivity contribution in [2.45, 2.75) is 52.7 Å². The molecule has 0 fully saturated rings. The van der Waals surface area contributed by atoms with Gasteiger partial charge in [0.25, 0.3) is 0 Å². The molecule has 1 rings (SSSR count). The average molecular weight is 310 g/mol. The van der Waals surface area contributed by atoms with Gasteiger partial charge in [0.15, 0.2) is 6.26 Å². The molecule has 4 nitrogen and oxygen atoms in total. The summed E-state index contributed by atoms with van der Waals surface area (Å²) in [5.74, 6) is 0.500. The molecule has 0 unspecified atom stereocenters. The monoisotopic (exact) mass is 310 g/mol. The third kappa shape index (κ3) is 7.31. The predicted octanol–water partition coefficient (Wildman–Crippen LogP) is 2.47. The van der Waals surface area contributed by atoms with E-state index < -0.39 is 11.2 Å². The van der Waals surface area contributed by atoms with Crippen molar-refractivity contribution >= 4 is 21.2 Å². The maximum atomic E-state index is 5.47. The second-order valence-electron chi connectivity index (χ2n) is 6.87. The Balaban J connectivity index is 2.90. The summed E-state index contributed by atoms with van der Waals surface area (Å²) in [7, 11) is 0.897. The van der Waals surface area contributed by atoms with Gasteiger partial charge < -0.3 is 9.78 Å². The van der Waals surface area contributed by atoms with Gasteiger partial charge in [-0.15, -0.1) is 0 Å². The fourth-order valence-electron chi connectivity index (χ4n) is 1.36. The molecule has 0 heterocycles. The zero-order valence-corrected chi connectivity index (χ0v) is 16.0. The molecule has 0 atom stereocenters. The number of hydrogen-bond donors (Lipinski definition) is 0. The van der Waals surface area contributed by atoms with Crippen LogP contribution in [0.25, 0.3) is 5.76 Å². The van der Waals surface area contributed by atoms with Gasteiger partial charge in [-0.25, -0.2) is 0 Å². The van der Waals surface area contributed by atoms with Crippen LogP contribution in [0.15, 0.2) is 30.5 Å². The first kappa shape index (κ1) is 17.7. The zero-order chi connectivity index (χ0) is 16.1. The van der Waals surface area contributed by atoms with Crippen molar-refractivity contribution in [3.8, 4) is 0 Å². The Labute approximate surface area is 130 Å². The van der Waals surface area contributed by atoms with Crippen LogP contribution < -0.4 is 5.19 Å². The van der Waals surface area contributed by atoms with Crippen molar-refractivity contribution in [1.29, 1.82) is 0 Å². The molecule has 5 heteroatoms. The predicted molar refractivity (Wildman–Crippen MR) is 87.8 cm³/mol. The molecule has 0 spiro atoms. The molecule has 118 valence electrons. The van der Waals surface area contributed by atoms with E-state index in [0.29, 0.717) is 5.76 Å². The average Bonchev–Trinajstić information content (AvgIpc) is 2.32. The number of hydrogen-bond acceptors (Lipinski definition) is 4. The Bertz CT molecular complexity index is 484. The summed E-state index contributed by atoms with van der Waals surface area (Å²) in [6.07, 6.45) is 1.44. The Kier molecular flexibility index (Phi) is 6.01. The molecule has 0 aliphatic rings. The van der Waals surface area contributed by atoms with E-state index in [9.17, 15) is 0 Å². The molecule has 0 bridgehead atoms. The highest BCUT2D eigenvalue weighted by Crippen LogP contribution is 2.19. The molecule has 0 amide bonds. The summed E-state index contributed by atoms with van der Waals surface area (Å²) >= 11 is 0. The zero-order valence-electron chi connectivity index (χ0n) is 14.0. The first-order valence-corrected chi connectivity index (χ1v) is 8.05. The van der Waals surface area contributed by atoms with Crippen molar-refractivity contribution in [3.63, 3.8) is 0 Å².